The van der Waals surface area contributed by atoms with Gasteiger partial charge in [-0.25, -0.2) is 0 Å². The molecular formula is C16H23NO4. The summed E-state index contributed by atoms with van der Waals surface area (Å²) in [7, 11) is 1.56. The Bertz CT molecular complexity index is 535. The molecule has 5 heteroatoms. The molecule has 0 aliphatic carbocycles. The molecule has 1 aromatic rings. The molecule has 0 saturated heterocycles. The highest BCUT2D eigenvalue weighted by atomic mass is 16.5. The summed E-state index contributed by atoms with van der Waals surface area (Å²) in [6, 6.07) is 7.11. The van der Waals surface area contributed by atoms with Crippen molar-refractivity contribution in [2.24, 2.45) is 5.41 Å². The molecule has 0 unspecified atom stereocenters. The lowest BCUT2D eigenvalue weighted by atomic mass is 9.74. The molecule has 21 heavy (non-hydrogen) atoms. The van der Waals surface area contributed by atoms with Crippen molar-refractivity contribution in [1.82, 2.24) is 5.32 Å². The maximum atomic E-state index is 12.5. The van der Waals surface area contributed by atoms with E-state index >= 15 is 0 Å². The summed E-state index contributed by atoms with van der Waals surface area (Å²) >= 11 is 0. The fourth-order valence-electron chi connectivity index (χ4n) is 1.80. The monoisotopic (exact) mass is 293 g/mol. The van der Waals surface area contributed by atoms with Crippen molar-refractivity contribution < 1.29 is 19.4 Å². The number of aliphatic carboxylic acids is 1. The Hall–Kier alpha value is -1.88. The summed E-state index contributed by atoms with van der Waals surface area (Å²) in [4.78, 5) is 23.8. The van der Waals surface area contributed by atoms with Crippen molar-refractivity contribution in [2.75, 3.05) is 7.11 Å². The molecular weight excluding hydrogens is 270 g/mol. The van der Waals surface area contributed by atoms with Crippen LogP contribution in [0.25, 0.3) is 0 Å². The van der Waals surface area contributed by atoms with Crippen molar-refractivity contribution in [2.45, 2.75) is 39.8 Å². The van der Waals surface area contributed by atoms with Crippen LogP contribution in [-0.4, -0.2) is 29.6 Å². The van der Waals surface area contributed by atoms with E-state index < -0.39 is 16.9 Å². The number of amides is 1. The first-order chi connectivity index (χ1) is 9.63. The number of carbonyl (C=O) groups excluding carboxylic acids is 1. The van der Waals surface area contributed by atoms with Crippen LogP contribution in [0.3, 0.4) is 0 Å². The van der Waals surface area contributed by atoms with Crippen LogP contribution in [0.1, 0.15) is 43.6 Å². The third-order valence-electron chi connectivity index (χ3n) is 4.09. The first-order valence-electron chi connectivity index (χ1n) is 6.76. The first-order valence-corrected chi connectivity index (χ1v) is 6.76. The summed E-state index contributed by atoms with van der Waals surface area (Å²) in [5, 5.41) is 12.1. The first kappa shape index (κ1) is 17.2. The average Bonchev–Trinajstić information content (AvgIpc) is 2.38. The quantitative estimate of drug-likeness (QED) is 0.844. The zero-order chi connectivity index (χ0) is 16.3. The van der Waals surface area contributed by atoms with Crippen LogP contribution >= 0.6 is 0 Å². The molecule has 0 aromatic heterocycles. The Morgan fingerprint density at radius 3 is 2.29 bits per heavy atom. The van der Waals surface area contributed by atoms with Crippen LogP contribution in [-0.2, 0) is 16.1 Å². The van der Waals surface area contributed by atoms with Crippen LogP contribution in [0.4, 0.5) is 0 Å². The molecule has 0 heterocycles. The number of nitrogens with one attached hydrogen (secondary N) is 1. The van der Waals surface area contributed by atoms with E-state index in [0.29, 0.717) is 12.2 Å². The fourth-order valence-corrected chi connectivity index (χ4v) is 1.80. The Morgan fingerprint density at radius 1 is 1.19 bits per heavy atom. The average molecular weight is 293 g/mol. The van der Waals surface area contributed by atoms with Crippen LogP contribution in [0.15, 0.2) is 24.3 Å². The minimum absolute atomic E-state index is 0.304. The largest absolute Gasteiger partial charge is 0.481 e. The molecule has 5 nitrogen and oxygen atoms in total. The smallest absolute Gasteiger partial charge is 0.311 e. The zero-order valence-corrected chi connectivity index (χ0v) is 13.2. The standard InChI is InChI=1S/C16H23NO4/c1-15(2,14(19)20)16(3,4)17-13(18)12-9-7-6-8-11(12)10-21-5/h6-9H,10H2,1-5H3,(H,17,18)(H,19,20). The minimum Gasteiger partial charge on any atom is -0.481 e. The third kappa shape index (κ3) is 3.61. The van der Waals surface area contributed by atoms with Crippen molar-refractivity contribution >= 4 is 11.9 Å². The van der Waals surface area contributed by atoms with E-state index in [1.165, 1.54) is 0 Å². The van der Waals surface area contributed by atoms with E-state index in [-0.39, 0.29) is 5.91 Å². The number of carbonyl (C=O) groups is 2. The molecule has 0 atom stereocenters. The van der Waals surface area contributed by atoms with E-state index in [2.05, 4.69) is 5.32 Å². The Kier molecular flexibility index (Phi) is 5.12. The molecule has 0 aliphatic heterocycles. The number of hydrogen-bond donors (Lipinski definition) is 2. The van der Waals surface area contributed by atoms with Crippen molar-refractivity contribution in [3.63, 3.8) is 0 Å². The number of benzene rings is 1. The third-order valence-corrected chi connectivity index (χ3v) is 4.09. The highest BCUT2D eigenvalue weighted by Gasteiger charge is 2.44. The van der Waals surface area contributed by atoms with Crippen LogP contribution < -0.4 is 5.32 Å². The lowest BCUT2D eigenvalue weighted by Crippen LogP contribution is -2.57. The molecule has 116 valence electrons. The van der Waals surface area contributed by atoms with Gasteiger partial charge in [-0.05, 0) is 39.3 Å². The van der Waals surface area contributed by atoms with Gasteiger partial charge < -0.3 is 15.2 Å². The Morgan fingerprint density at radius 2 is 1.76 bits per heavy atom. The topological polar surface area (TPSA) is 75.6 Å². The van der Waals surface area contributed by atoms with Crippen molar-refractivity contribution in [3.05, 3.63) is 35.4 Å². The number of ether oxygens (including phenoxy) is 1. The number of rotatable bonds is 6. The van der Waals surface area contributed by atoms with E-state index in [4.69, 9.17) is 4.74 Å². The highest BCUT2D eigenvalue weighted by molar-refractivity contribution is 5.96. The van der Waals surface area contributed by atoms with E-state index in [0.717, 1.165) is 5.56 Å². The molecule has 1 aromatic carbocycles. The van der Waals surface area contributed by atoms with Gasteiger partial charge in [0.2, 0.25) is 0 Å². The second-order valence-corrected chi connectivity index (χ2v) is 6.10. The van der Waals surface area contributed by atoms with Gasteiger partial charge in [0.25, 0.3) is 5.91 Å². The second kappa shape index (κ2) is 6.26. The van der Waals surface area contributed by atoms with Crippen molar-refractivity contribution in [1.29, 1.82) is 0 Å². The summed E-state index contributed by atoms with van der Waals surface area (Å²) < 4.78 is 5.08. The van der Waals surface area contributed by atoms with Gasteiger partial charge in [0.05, 0.1) is 17.6 Å². The molecule has 0 aliphatic rings. The highest BCUT2D eigenvalue weighted by Crippen LogP contribution is 2.31. The van der Waals surface area contributed by atoms with Crippen LogP contribution in [0.5, 0.6) is 0 Å². The minimum atomic E-state index is -1.10. The number of carboxylic acids is 1. The Balaban J connectivity index is 3.03. The molecule has 2 N–H and O–H groups in total. The molecule has 0 spiro atoms. The normalized spacial score (nSPS) is 12.0. The van der Waals surface area contributed by atoms with Gasteiger partial charge in [0, 0.05) is 12.7 Å². The lowest BCUT2D eigenvalue weighted by Gasteiger charge is -2.38. The molecule has 0 fully saturated rings. The predicted molar refractivity (Wildman–Crippen MR) is 80.1 cm³/mol. The van der Waals surface area contributed by atoms with Crippen LogP contribution in [0, 0.1) is 5.41 Å². The van der Waals surface area contributed by atoms with E-state index in [1.54, 1.807) is 46.9 Å². The van der Waals surface area contributed by atoms with Gasteiger partial charge in [-0.2, -0.15) is 0 Å². The summed E-state index contributed by atoms with van der Waals surface area (Å²) in [6.45, 7) is 6.93. The van der Waals surface area contributed by atoms with Gasteiger partial charge in [0.15, 0.2) is 0 Å². The van der Waals surface area contributed by atoms with Gasteiger partial charge in [-0.1, -0.05) is 18.2 Å². The fraction of sp³-hybridized carbons (Fsp3) is 0.500. The van der Waals surface area contributed by atoms with Gasteiger partial charge in [-0.3, -0.25) is 9.59 Å². The Labute approximate surface area is 125 Å². The number of carboxylic acid groups (broad SMARTS) is 1. The number of hydrogen-bond acceptors (Lipinski definition) is 3. The van der Waals surface area contributed by atoms with E-state index in [9.17, 15) is 14.7 Å². The SMILES string of the molecule is COCc1ccccc1C(=O)NC(C)(C)C(C)(C)C(=O)O. The van der Waals surface area contributed by atoms with Crippen molar-refractivity contribution in [3.8, 4) is 0 Å². The van der Waals surface area contributed by atoms with Gasteiger partial charge in [0.1, 0.15) is 0 Å². The zero-order valence-electron chi connectivity index (χ0n) is 13.2. The van der Waals surface area contributed by atoms with Crippen LogP contribution in [0.2, 0.25) is 0 Å². The number of methoxy groups -OCH3 is 1. The lowest BCUT2D eigenvalue weighted by molar-refractivity contribution is -0.150. The molecule has 0 saturated carbocycles. The molecule has 1 rings (SSSR count). The molecule has 1 amide bonds. The summed E-state index contributed by atoms with van der Waals surface area (Å²) in [5.74, 6) is -1.26. The summed E-state index contributed by atoms with van der Waals surface area (Å²) in [6.07, 6.45) is 0. The van der Waals surface area contributed by atoms with E-state index in [1.807, 2.05) is 12.1 Å². The predicted octanol–water partition coefficient (Wildman–Crippen LogP) is 2.45. The van der Waals surface area contributed by atoms with Gasteiger partial charge in [-0.15, -0.1) is 0 Å². The second-order valence-electron chi connectivity index (χ2n) is 6.10. The molecule has 0 bridgehead atoms. The summed E-state index contributed by atoms with van der Waals surface area (Å²) in [5.41, 5.74) is -0.746. The van der Waals surface area contributed by atoms with Gasteiger partial charge >= 0.3 is 5.97 Å². The maximum Gasteiger partial charge on any atom is 0.311 e. The molecule has 0 radical (unpaired) electrons. The maximum absolute atomic E-state index is 12.5.